The second-order valence-corrected chi connectivity index (χ2v) is 15.5. The summed E-state index contributed by atoms with van der Waals surface area (Å²) in [6.07, 6.45) is 4.59. The van der Waals surface area contributed by atoms with Gasteiger partial charge in [-0.1, -0.05) is 74.8 Å². The van der Waals surface area contributed by atoms with Crippen molar-refractivity contribution in [2.45, 2.75) is 54.1 Å². The van der Waals surface area contributed by atoms with E-state index in [1.54, 1.807) is 0 Å². The van der Waals surface area contributed by atoms with Crippen LogP contribution in [0, 0.1) is 27.7 Å². The molecular weight excluding hydrogens is 829 g/mol. The zero-order valence-electron chi connectivity index (χ0n) is 37.7. The van der Waals surface area contributed by atoms with Crippen LogP contribution in [0.25, 0.3) is 11.1 Å². The van der Waals surface area contributed by atoms with Crippen molar-refractivity contribution in [3.05, 3.63) is 216 Å². The highest BCUT2D eigenvalue weighted by Crippen LogP contribution is 2.40. The average Bonchev–Trinajstić information content (AvgIpc) is 3.33. The molecule has 10 heteroatoms. The molecule has 0 amide bonds. The van der Waals surface area contributed by atoms with E-state index in [4.69, 9.17) is 18.9 Å². The molecule has 66 heavy (non-hydrogen) atoms. The van der Waals surface area contributed by atoms with Crippen molar-refractivity contribution in [3.8, 4) is 11.1 Å². The van der Waals surface area contributed by atoms with Gasteiger partial charge in [0.15, 0.2) is 0 Å². The molecule has 0 atom stereocenters. The third-order valence-electron chi connectivity index (χ3n) is 11.0. The first-order valence-electron chi connectivity index (χ1n) is 21.2. The molecule has 0 heterocycles. The molecule has 6 aromatic carbocycles. The zero-order chi connectivity index (χ0) is 47.3. The highest BCUT2D eigenvalue weighted by Gasteiger charge is 2.19. The fourth-order valence-corrected chi connectivity index (χ4v) is 7.47. The minimum absolute atomic E-state index is 0.120. The largest absolute Gasteiger partial charge is 0.458 e. The first-order valence-corrected chi connectivity index (χ1v) is 21.2. The fourth-order valence-electron chi connectivity index (χ4n) is 7.47. The number of benzene rings is 6. The molecule has 10 nitrogen and oxygen atoms in total. The number of carbonyl (C=O) groups excluding carboxylic acids is 4. The van der Waals surface area contributed by atoms with Gasteiger partial charge >= 0.3 is 23.9 Å². The van der Waals surface area contributed by atoms with Crippen LogP contribution in [0.4, 0.5) is 34.1 Å². The first-order chi connectivity index (χ1) is 31.8. The Balaban J connectivity index is 1.33. The minimum atomic E-state index is -0.490. The topological polar surface area (TPSA) is 112 Å². The zero-order valence-corrected chi connectivity index (χ0v) is 37.7. The van der Waals surface area contributed by atoms with Gasteiger partial charge in [-0.3, -0.25) is 0 Å². The van der Waals surface area contributed by atoms with Crippen LogP contribution in [-0.2, 0) is 64.6 Å². The molecule has 6 rings (SSSR count). The Hall–Kier alpha value is -8.24. The Morgan fingerprint density at radius 1 is 0.379 bits per heavy atom. The average molecular weight is 881 g/mol. The standard InChI is InChI=1S/C56H52N2O8/c1-9-53(59)63-33-41-13-21-45(22-14-41)57(49-29-37(5)51(38(6)30-49)35-65-55(61)11-3)47-25-17-43(18-26-47)44-19-27-48(28-20-44)58(46-23-15-42(16-24-46)34-64-54(60)10-2)50-31-39(7)52(40(8)32-50)36-66-56(62)12-4/h9-32H,1-4,33-36H2,5-8H3. The Labute approximate surface area is 386 Å². The molecule has 0 radical (unpaired) electrons. The number of nitrogens with zero attached hydrogens (tertiary/aromatic N) is 2. The summed E-state index contributed by atoms with van der Waals surface area (Å²) in [7, 11) is 0. The molecule has 0 N–H and O–H groups in total. The molecule has 0 saturated carbocycles. The van der Waals surface area contributed by atoms with Crippen LogP contribution in [0.2, 0.25) is 0 Å². The van der Waals surface area contributed by atoms with E-state index in [0.29, 0.717) is 0 Å². The lowest BCUT2D eigenvalue weighted by Gasteiger charge is -2.28. The van der Waals surface area contributed by atoms with Gasteiger partial charge in [0.25, 0.3) is 0 Å². The molecule has 0 unspecified atom stereocenters. The molecule has 6 aromatic rings. The maximum atomic E-state index is 11.9. The van der Waals surface area contributed by atoms with E-state index in [9.17, 15) is 19.2 Å². The van der Waals surface area contributed by atoms with Crippen LogP contribution in [-0.4, -0.2) is 23.9 Å². The van der Waals surface area contributed by atoms with E-state index >= 15 is 0 Å². The predicted molar refractivity (Wildman–Crippen MR) is 260 cm³/mol. The molecule has 0 aromatic heterocycles. The van der Waals surface area contributed by atoms with Gasteiger partial charge in [0, 0.05) is 58.4 Å². The van der Waals surface area contributed by atoms with Crippen molar-refractivity contribution in [3.63, 3.8) is 0 Å². The van der Waals surface area contributed by atoms with Crippen LogP contribution >= 0.6 is 0 Å². The molecule has 0 bridgehead atoms. The predicted octanol–water partition coefficient (Wildman–Crippen LogP) is 12.4. The summed E-state index contributed by atoms with van der Waals surface area (Å²) in [5.41, 5.74) is 14.8. The third-order valence-corrected chi connectivity index (χ3v) is 11.0. The molecule has 0 aliphatic rings. The van der Waals surface area contributed by atoms with Gasteiger partial charge in [-0.05, 0) is 156 Å². The molecule has 0 spiro atoms. The highest BCUT2D eigenvalue weighted by molar-refractivity contribution is 5.84. The van der Waals surface area contributed by atoms with Crippen LogP contribution in [0.3, 0.4) is 0 Å². The van der Waals surface area contributed by atoms with Gasteiger partial charge in [-0.15, -0.1) is 0 Å². The van der Waals surface area contributed by atoms with Crippen LogP contribution in [0.5, 0.6) is 0 Å². The number of rotatable bonds is 19. The lowest BCUT2D eigenvalue weighted by atomic mass is 10.00. The quantitative estimate of drug-likeness (QED) is 0.0443. The van der Waals surface area contributed by atoms with Crippen molar-refractivity contribution in [1.82, 2.24) is 0 Å². The highest BCUT2D eigenvalue weighted by atomic mass is 16.5. The summed E-state index contributed by atoms with van der Waals surface area (Å²) in [5, 5.41) is 0. The molecule has 0 aliphatic heterocycles. The van der Waals surface area contributed by atoms with Crippen LogP contribution in [0.1, 0.15) is 44.5 Å². The third kappa shape index (κ3) is 11.7. The van der Waals surface area contributed by atoms with Crippen LogP contribution < -0.4 is 9.80 Å². The van der Waals surface area contributed by atoms with Crippen LogP contribution in [0.15, 0.2) is 172 Å². The Morgan fingerprint density at radius 3 is 0.879 bits per heavy atom. The molecule has 0 aliphatic carbocycles. The molecule has 0 saturated heterocycles. The van der Waals surface area contributed by atoms with Crippen molar-refractivity contribution >= 4 is 58.0 Å². The number of esters is 4. The number of anilines is 6. The summed E-state index contributed by atoms with van der Waals surface area (Å²) in [5.74, 6) is -1.94. The van der Waals surface area contributed by atoms with E-state index in [2.05, 4.69) is 109 Å². The van der Waals surface area contributed by atoms with Gasteiger partial charge < -0.3 is 28.7 Å². The Morgan fingerprint density at radius 2 is 0.621 bits per heavy atom. The lowest BCUT2D eigenvalue weighted by Crippen LogP contribution is -2.12. The monoisotopic (exact) mass is 880 g/mol. The van der Waals surface area contributed by atoms with Crippen molar-refractivity contribution in [2.24, 2.45) is 0 Å². The van der Waals surface area contributed by atoms with Crippen molar-refractivity contribution < 1.29 is 38.1 Å². The van der Waals surface area contributed by atoms with Gasteiger partial charge in [-0.2, -0.15) is 0 Å². The van der Waals surface area contributed by atoms with Crippen molar-refractivity contribution in [2.75, 3.05) is 9.80 Å². The first kappa shape index (κ1) is 47.2. The number of aryl methyl sites for hydroxylation is 4. The summed E-state index contributed by atoms with van der Waals surface area (Å²) >= 11 is 0. The van der Waals surface area contributed by atoms with Crippen molar-refractivity contribution in [1.29, 1.82) is 0 Å². The van der Waals surface area contributed by atoms with E-state index in [0.717, 1.165) is 114 Å². The number of carbonyl (C=O) groups is 4. The normalized spacial score (nSPS) is 10.5. The minimum Gasteiger partial charge on any atom is -0.458 e. The second kappa shape index (κ2) is 21.9. The summed E-state index contributed by atoms with van der Waals surface area (Å²) in [6.45, 7) is 22.5. The SMILES string of the molecule is C=CC(=O)OCc1ccc(N(c2ccc(-c3ccc(N(c4ccc(COC(=O)C=C)cc4)c4cc(C)c(COC(=O)C=C)c(C)c4)cc3)cc2)c2cc(C)c(COC(=O)C=C)c(C)c2)cc1. The molecule has 334 valence electrons. The summed E-state index contributed by atoms with van der Waals surface area (Å²) in [6, 6.07) is 40.6. The van der Waals surface area contributed by atoms with Gasteiger partial charge in [0.05, 0.1) is 0 Å². The lowest BCUT2D eigenvalue weighted by molar-refractivity contribution is -0.139. The number of hydrogen-bond acceptors (Lipinski definition) is 10. The van der Waals surface area contributed by atoms with Gasteiger partial charge in [-0.25, -0.2) is 19.2 Å². The van der Waals surface area contributed by atoms with E-state index in [-0.39, 0.29) is 26.4 Å². The fraction of sp³-hybridized carbons (Fsp3) is 0.143. The summed E-state index contributed by atoms with van der Waals surface area (Å²) in [4.78, 5) is 51.6. The molecule has 0 fully saturated rings. The maximum absolute atomic E-state index is 11.9. The summed E-state index contributed by atoms with van der Waals surface area (Å²) < 4.78 is 21.3. The van der Waals surface area contributed by atoms with E-state index in [1.807, 2.05) is 76.2 Å². The number of hydrogen-bond donors (Lipinski definition) is 0. The van der Waals surface area contributed by atoms with Gasteiger partial charge in [0.1, 0.15) is 26.4 Å². The van der Waals surface area contributed by atoms with E-state index < -0.39 is 23.9 Å². The Bertz CT molecular complexity index is 2530. The maximum Gasteiger partial charge on any atom is 0.330 e. The van der Waals surface area contributed by atoms with E-state index in [1.165, 1.54) is 0 Å². The Kier molecular flexibility index (Phi) is 15.7. The number of ether oxygens (including phenoxy) is 4. The second-order valence-electron chi connectivity index (χ2n) is 15.5. The molecular formula is C56H52N2O8. The smallest absolute Gasteiger partial charge is 0.330 e. The van der Waals surface area contributed by atoms with Gasteiger partial charge in [0.2, 0.25) is 0 Å².